The third-order valence-corrected chi connectivity index (χ3v) is 5.81. The molecule has 0 spiro atoms. The minimum atomic E-state index is -0.283. The van der Waals surface area contributed by atoms with Gasteiger partial charge in [-0.1, -0.05) is 19.8 Å². The SMILES string of the molecule is CCn1c([C@H]2OCC[C@H]2C)nn(CC(=O)Nc2ccnn2C2CCCC2)c1=O. The molecule has 1 saturated heterocycles. The van der Waals surface area contributed by atoms with Crippen molar-refractivity contribution in [2.45, 2.75) is 71.2 Å². The minimum Gasteiger partial charge on any atom is -0.370 e. The summed E-state index contributed by atoms with van der Waals surface area (Å²) in [5, 5.41) is 11.7. The Labute approximate surface area is 163 Å². The number of nitrogens with zero attached hydrogens (tertiary/aromatic N) is 5. The Balaban J connectivity index is 1.50. The summed E-state index contributed by atoms with van der Waals surface area (Å²) >= 11 is 0. The van der Waals surface area contributed by atoms with Crippen LogP contribution in [0, 0.1) is 5.92 Å². The molecule has 1 saturated carbocycles. The van der Waals surface area contributed by atoms with Gasteiger partial charge in [-0.25, -0.2) is 14.2 Å². The van der Waals surface area contributed by atoms with E-state index in [1.54, 1.807) is 16.8 Å². The lowest BCUT2D eigenvalue weighted by Gasteiger charge is -2.14. The minimum absolute atomic E-state index is 0.129. The van der Waals surface area contributed by atoms with E-state index in [1.165, 1.54) is 17.5 Å². The monoisotopic (exact) mass is 388 g/mol. The fourth-order valence-electron chi connectivity index (χ4n) is 4.27. The van der Waals surface area contributed by atoms with Crippen LogP contribution in [0.15, 0.2) is 17.1 Å². The number of rotatable bonds is 6. The summed E-state index contributed by atoms with van der Waals surface area (Å²) in [7, 11) is 0. The molecule has 2 aromatic heterocycles. The zero-order valence-corrected chi connectivity index (χ0v) is 16.5. The highest BCUT2D eigenvalue weighted by Gasteiger charge is 2.32. The quantitative estimate of drug-likeness (QED) is 0.818. The van der Waals surface area contributed by atoms with Crippen LogP contribution in [0.1, 0.15) is 63.9 Å². The Morgan fingerprint density at radius 2 is 2.11 bits per heavy atom. The summed E-state index contributed by atoms with van der Waals surface area (Å²) in [6, 6.07) is 2.13. The molecule has 2 aliphatic rings. The van der Waals surface area contributed by atoms with Crippen LogP contribution >= 0.6 is 0 Å². The lowest BCUT2D eigenvalue weighted by atomic mass is 10.0. The normalized spacial score (nSPS) is 22.8. The van der Waals surface area contributed by atoms with Crippen molar-refractivity contribution >= 4 is 11.7 Å². The molecule has 1 aliphatic heterocycles. The fourth-order valence-corrected chi connectivity index (χ4v) is 4.27. The summed E-state index contributed by atoms with van der Waals surface area (Å²) in [5.74, 6) is 1.30. The van der Waals surface area contributed by atoms with Crippen LogP contribution in [0.5, 0.6) is 0 Å². The summed E-state index contributed by atoms with van der Waals surface area (Å²) in [6.45, 7) is 5.03. The van der Waals surface area contributed by atoms with Gasteiger partial charge in [0, 0.05) is 19.2 Å². The third-order valence-electron chi connectivity index (χ3n) is 5.81. The molecule has 0 radical (unpaired) electrons. The number of carbonyl (C=O) groups excluding carboxylic acids is 1. The first-order valence-corrected chi connectivity index (χ1v) is 10.2. The molecule has 0 bridgehead atoms. The Morgan fingerprint density at radius 3 is 2.79 bits per heavy atom. The van der Waals surface area contributed by atoms with Crippen molar-refractivity contribution in [1.82, 2.24) is 24.1 Å². The zero-order valence-electron chi connectivity index (χ0n) is 16.5. The van der Waals surface area contributed by atoms with Crippen molar-refractivity contribution in [2.75, 3.05) is 11.9 Å². The van der Waals surface area contributed by atoms with E-state index < -0.39 is 0 Å². The van der Waals surface area contributed by atoms with Gasteiger partial charge in [0.25, 0.3) is 0 Å². The van der Waals surface area contributed by atoms with E-state index in [1.807, 2.05) is 11.6 Å². The highest BCUT2D eigenvalue weighted by molar-refractivity contribution is 5.89. The number of aromatic nitrogens is 5. The molecular formula is C19H28N6O3. The Hall–Kier alpha value is -2.42. The predicted octanol–water partition coefficient (Wildman–Crippen LogP) is 2.11. The molecule has 2 fully saturated rings. The van der Waals surface area contributed by atoms with Crippen molar-refractivity contribution in [1.29, 1.82) is 0 Å². The summed E-state index contributed by atoms with van der Waals surface area (Å²) in [4.78, 5) is 25.3. The van der Waals surface area contributed by atoms with Gasteiger partial charge in [0.1, 0.15) is 18.5 Å². The van der Waals surface area contributed by atoms with Crippen LogP contribution in [-0.4, -0.2) is 36.6 Å². The molecule has 1 aliphatic carbocycles. The summed E-state index contributed by atoms with van der Waals surface area (Å²) < 4.78 is 10.5. The van der Waals surface area contributed by atoms with E-state index in [2.05, 4.69) is 22.4 Å². The van der Waals surface area contributed by atoms with Crippen LogP contribution in [0.25, 0.3) is 0 Å². The van der Waals surface area contributed by atoms with Gasteiger partial charge < -0.3 is 10.1 Å². The van der Waals surface area contributed by atoms with Gasteiger partial charge >= 0.3 is 5.69 Å². The van der Waals surface area contributed by atoms with Crippen LogP contribution in [0.4, 0.5) is 5.82 Å². The maximum Gasteiger partial charge on any atom is 0.346 e. The molecule has 28 heavy (non-hydrogen) atoms. The number of carbonyl (C=O) groups is 1. The zero-order chi connectivity index (χ0) is 19.7. The molecule has 0 aromatic carbocycles. The predicted molar refractivity (Wildman–Crippen MR) is 103 cm³/mol. The topological polar surface area (TPSA) is 96.0 Å². The van der Waals surface area contributed by atoms with Gasteiger partial charge in [0.05, 0.1) is 12.2 Å². The lowest BCUT2D eigenvalue weighted by Crippen LogP contribution is -2.30. The molecule has 1 N–H and O–H groups in total. The third kappa shape index (κ3) is 3.50. The lowest BCUT2D eigenvalue weighted by molar-refractivity contribution is -0.117. The van der Waals surface area contributed by atoms with E-state index in [4.69, 9.17) is 4.74 Å². The van der Waals surface area contributed by atoms with Gasteiger partial charge in [-0.05, 0) is 32.1 Å². The number of anilines is 1. The van der Waals surface area contributed by atoms with E-state index in [0.717, 1.165) is 19.3 Å². The van der Waals surface area contributed by atoms with Gasteiger partial charge in [-0.2, -0.15) is 10.2 Å². The molecule has 4 rings (SSSR count). The number of nitrogens with one attached hydrogen (secondary N) is 1. The number of amides is 1. The number of hydrogen-bond acceptors (Lipinski definition) is 5. The van der Waals surface area contributed by atoms with Gasteiger partial charge in [-0.3, -0.25) is 9.36 Å². The average molecular weight is 388 g/mol. The summed E-state index contributed by atoms with van der Waals surface area (Å²) in [5.41, 5.74) is -0.278. The molecule has 2 aromatic rings. The molecule has 3 heterocycles. The second kappa shape index (κ2) is 7.90. The van der Waals surface area contributed by atoms with Crippen LogP contribution < -0.4 is 11.0 Å². The van der Waals surface area contributed by atoms with Crippen molar-refractivity contribution in [2.24, 2.45) is 5.92 Å². The van der Waals surface area contributed by atoms with Crippen molar-refractivity contribution in [3.8, 4) is 0 Å². The van der Waals surface area contributed by atoms with E-state index in [0.29, 0.717) is 36.8 Å². The molecule has 9 heteroatoms. The molecule has 0 unspecified atom stereocenters. The van der Waals surface area contributed by atoms with E-state index >= 15 is 0 Å². The molecular weight excluding hydrogens is 360 g/mol. The van der Waals surface area contributed by atoms with E-state index in [-0.39, 0.29) is 24.2 Å². The Kier molecular flexibility index (Phi) is 5.34. The maximum absolute atomic E-state index is 12.7. The van der Waals surface area contributed by atoms with Crippen molar-refractivity contribution in [3.63, 3.8) is 0 Å². The number of ether oxygens (including phenoxy) is 1. The smallest absolute Gasteiger partial charge is 0.346 e. The largest absolute Gasteiger partial charge is 0.370 e. The van der Waals surface area contributed by atoms with Gasteiger partial charge in [-0.15, -0.1) is 0 Å². The number of hydrogen-bond donors (Lipinski definition) is 1. The van der Waals surface area contributed by atoms with Crippen LogP contribution in [-0.2, 0) is 22.6 Å². The molecule has 9 nitrogen and oxygen atoms in total. The van der Waals surface area contributed by atoms with Gasteiger partial charge in [0.15, 0.2) is 5.82 Å². The van der Waals surface area contributed by atoms with E-state index in [9.17, 15) is 9.59 Å². The maximum atomic E-state index is 12.7. The second-order valence-corrected chi connectivity index (χ2v) is 7.75. The highest BCUT2D eigenvalue weighted by atomic mass is 16.5. The first kappa shape index (κ1) is 18.9. The fraction of sp³-hybridized carbons (Fsp3) is 0.684. The van der Waals surface area contributed by atoms with Crippen molar-refractivity contribution < 1.29 is 9.53 Å². The average Bonchev–Trinajstić information content (AvgIpc) is 3.44. The second-order valence-electron chi connectivity index (χ2n) is 7.75. The van der Waals surface area contributed by atoms with Crippen molar-refractivity contribution in [3.05, 3.63) is 28.6 Å². The summed E-state index contributed by atoms with van der Waals surface area (Å²) in [6.07, 6.45) is 6.98. The standard InChI is InChI=1S/C19H28N6O3/c1-3-23-18(17-13(2)9-11-28-17)22-24(19(23)27)12-16(26)21-15-8-10-20-25(15)14-6-4-5-7-14/h8,10,13-14,17H,3-7,9,11-12H2,1-2H3,(H,21,26)/t13-,17+/m1/s1. The highest BCUT2D eigenvalue weighted by Crippen LogP contribution is 2.33. The van der Waals surface area contributed by atoms with Crippen LogP contribution in [0.2, 0.25) is 0 Å². The molecule has 1 amide bonds. The Bertz CT molecular complexity index is 892. The molecule has 152 valence electrons. The molecule has 2 atom stereocenters. The van der Waals surface area contributed by atoms with Crippen LogP contribution in [0.3, 0.4) is 0 Å². The first-order chi connectivity index (χ1) is 13.6. The van der Waals surface area contributed by atoms with Gasteiger partial charge in [0.2, 0.25) is 5.91 Å². The first-order valence-electron chi connectivity index (χ1n) is 10.2. The Morgan fingerprint density at radius 1 is 1.32 bits per heavy atom.